The van der Waals surface area contributed by atoms with Crippen LogP contribution in [0.1, 0.15) is 24.8 Å². The molecule has 1 aromatic heterocycles. The molecule has 0 spiro atoms. The molecule has 11 heteroatoms. The average Bonchev–Trinajstić information content (AvgIpc) is 2.73. The van der Waals surface area contributed by atoms with Crippen molar-refractivity contribution in [2.24, 2.45) is 5.92 Å². The zero-order valence-corrected chi connectivity index (χ0v) is 19.3. The van der Waals surface area contributed by atoms with E-state index < -0.39 is 4.92 Å². The van der Waals surface area contributed by atoms with Gasteiger partial charge in [-0.15, -0.1) is 0 Å². The monoisotopic (exact) mass is 452 g/mol. The number of likely N-dealkylation sites (N-methyl/N-ethyl adjacent to an activating group) is 2. The summed E-state index contributed by atoms with van der Waals surface area (Å²) in [5.41, 5.74) is 1.17. The van der Waals surface area contributed by atoms with Crippen LogP contribution in [0.5, 0.6) is 5.75 Å². The summed E-state index contributed by atoms with van der Waals surface area (Å²) in [6.45, 7) is 1.35. The van der Waals surface area contributed by atoms with Gasteiger partial charge in [-0.05, 0) is 39.3 Å². The van der Waals surface area contributed by atoms with Crippen molar-refractivity contribution >= 4 is 28.8 Å². The molecule has 0 amide bonds. The number of nitriles is 1. The third kappa shape index (κ3) is 4.47. The molecule has 3 fully saturated rings. The molecule has 3 aliphatic rings. The summed E-state index contributed by atoms with van der Waals surface area (Å²) in [4.78, 5) is 24.0. The Morgan fingerprint density at radius 3 is 2.58 bits per heavy atom. The van der Waals surface area contributed by atoms with E-state index in [1.54, 1.807) is 6.07 Å². The number of ether oxygens (including phenoxy) is 1. The lowest BCUT2D eigenvalue weighted by Gasteiger charge is -2.62. The van der Waals surface area contributed by atoms with Gasteiger partial charge in [0.2, 0.25) is 5.95 Å². The maximum atomic E-state index is 11.8. The highest BCUT2D eigenvalue weighted by molar-refractivity contribution is 5.77. The van der Waals surface area contributed by atoms with Crippen molar-refractivity contribution in [3.63, 3.8) is 0 Å². The van der Waals surface area contributed by atoms with Gasteiger partial charge in [-0.1, -0.05) is 0 Å². The Balaban J connectivity index is 1.62. The predicted octanol–water partition coefficient (Wildman–Crippen LogP) is 2.97. The molecule has 11 nitrogen and oxygen atoms in total. The van der Waals surface area contributed by atoms with Gasteiger partial charge in [0.25, 0.3) is 5.69 Å². The van der Waals surface area contributed by atoms with E-state index in [0.717, 1.165) is 31.7 Å². The second kappa shape index (κ2) is 8.71. The van der Waals surface area contributed by atoms with Gasteiger partial charge < -0.3 is 25.2 Å². The lowest BCUT2D eigenvalue weighted by Crippen LogP contribution is -2.63. The molecule has 0 atom stereocenters. The van der Waals surface area contributed by atoms with Gasteiger partial charge >= 0.3 is 0 Å². The normalized spacial score (nSPS) is 20.3. The van der Waals surface area contributed by atoms with Gasteiger partial charge in [-0.2, -0.15) is 10.2 Å². The fraction of sp³-hybridized carbons (Fsp3) is 0.500. The van der Waals surface area contributed by atoms with Crippen molar-refractivity contribution in [3.05, 3.63) is 34.0 Å². The zero-order valence-electron chi connectivity index (χ0n) is 19.3. The molecule has 5 rings (SSSR count). The van der Waals surface area contributed by atoms with Gasteiger partial charge in [0.1, 0.15) is 28.9 Å². The van der Waals surface area contributed by atoms with E-state index in [9.17, 15) is 15.4 Å². The van der Waals surface area contributed by atoms with E-state index in [1.165, 1.54) is 19.4 Å². The van der Waals surface area contributed by atoms with Crippen LogP contribution >= 0.6 is 0 Å². The van der Waals surface area contributed by atoms with Gasteiger partial charge in [0.15, 0.2) is 0 Å². The molecular formula is C22H28N8O3. The smallest absolute Gasteiger partial charge is 0.294 e. The van der Waals surface area contributed by atoms with Crippen molar-refractivity contribution in [1.82, 2.24) is 14.9 Å². The number of nitrogens with one attached hydrogen (secondary N) is 2. The van der Waals surface area contributed by atoms with Gasteiger partial charge in [0.05, 0.1) is 23.9 Å². The molecule has 0 aliphatic heterocycles. The van der Waals surface area contributed by atoms with Crippen LogP contribution in [0.4, 0.5) is 28.8 Å². The van der Waals surface area contributed by atoms with Crippen molar-refractivity contribution < 1.29 is 9.66 Å². The molecule has 1 heterocycles. The first kappa shape index (κ1) is 22.5. The highest BCUT2D eigenvalue weighted by Crippen LogP contribution is 2.58. The number of methoxy groups -OCH3 is 1. The lowest BCUT2D eigenvalue weighted by molar-refractivity contribution is -0.384. The maximum absolute atomic E-state index is 11.8. The SMILES string of the molecule is COc1cc(N(C)CCN(C)C)c([N+](=O)[O-])cc1Nc1ncc(C#N)c(NC23CC(C2)C3)n1. The van der Waals surface area contributed by atoms with Crippen molar-refractivity contribution in [2.45, 2.75) is 24.8 Å². The number of anilines is 4. The Morgan fingerprint density at radius 1 is 1.30 bits per heavy atom. The predicted molar refractivity (Wildman–Crippen MR) is 125 cm³/mol. The fourth-order valence-electron chi connectivity index (χ4n) is 4.37. The largest absolute Gasteiger partial charge is 0.494 e. The minimum atomic E-state index is -0.415. The third-order valence-corrected chi connectivity index (χ3v) is 6.36. The van der Waals surface area contributed by atoms with Crippen molar-refractivity contribution in [1.29, 1.82) is 5.26 Å². The summed E-state index contributed by atoms with van der Waals surface area (Å²) in [7, 11) is 7.21. The molecule has 2 N–H and O–H groups in total. The number of aromatic nitrogens is 2. The number of rotatable bonds is 10. The standard InChI is InChI=1S/C22H28N8O3/c1-28(2)5-6-29(3)17-8-19(33-4)16(7-18(17)30(31)32)25-21-24-13-15(12-23)20(26-21)27-22-9-14(10-22)11-22/h7-8,13-14H,5-6,9-11H2,1-4H3,(H2,24,25,26,27). The molecule has 1 aromatic carbocycles. The van der Waals surface area contributed by atoms with Crippen LogP contribution in [-0.4, -0.2) is 66.7 Å². The Hall–Kier alpha value is -3.65. The third-order valence-electron chi connectivity index (χ3n) is 6.36. The highest BCUT2D eigenvalue weighted by atomic mass is 16.6. The number of hydrogen-bond donors (Lipinski definition) is 2. The second-order valence-electron chi connectivity index (χ2n) is 9.10. The zero-order chi connectivity index (χ0) is 23.8. The molecule has 2 bridgehead atoms. The average molecular weight is 453 g/mol. The number of benzene rings is 1. The van der Waals surface area contributed by atoms with Crippen molar-refractivity contribution in [3.8, 4) is 11.8 Å². The van der Waals surface area contributed by atoms with Gasteiger partial charge in [0, 0.05) is 37.8 Å². The second-order valence-corrected chi connectivity index (χ2v) is 9.10. The summed E-state index contributed by atoms with van der Waals surface area (Å²) in [5.74, 6) is 1.90. The molecular weight excluding hydrogens is 424 g/mol. The van der Waals surface area contributed by atoms with E-state index in [-0.39, 0.29) is 17.2 Å². The van der Waals surface area contributed by atoms with Crippen LogP contribution in [0.3, 0.4) is 0 Å². The van der Waals surface area contributed by atoms with Crippen LogP contribution in [0.25, 0.3) is 0 Å². The molecule has 0 unspecified atom stereocenters. The molecule has 3 saturated carbocycles. The fourth-order valence-corrected chi connectivity index (χ4v) is 4.37. The first-order valence-electron chi connectivity index (χ1n) is 10.8. The topological polar surface area (TPSA) is 132 Å². The number of nitro benzene ring substituents is 1. The number of nitro groups is 1. The summed E-state index contributed by atoms with van der Waals surface area (Å²) in [6, 6.07) is 5.19. The maximum Gasteiger partial charge on any atom is 0.294 e. The molecule has 174 valence electrons. The van der Waals surface area contributed by atoms with Crippen molar-refractivity contribution in [2.75, 3.05) is 56.9 Å². The first-order chi connectivity index (χ1) is 15.7. The Morgan fingerprint density at radius 2 is 2.03 bits per heavy atom. The Labute approximate surface area is 192 Å². The molecule has 33 heavy (non-hydrogen) atoms. The summed E-state index contributed by atoms with van der Waals surface area (Å²) >= 11 is 0. The summed E-state index contributed by atoms with van der Waals surface area (Å²) in [5, 5.41) is 27.7. The van der Waals surface area contributed by atoms with Crippen LogP contribution in [0, 0.1) is 27.4 Å². The first-order valence-corrected chi connectivity index (χ1v) is 10.8. The van der Waals surface area contributed by atoms with Gasteiger partial charge in [-0.25, -0.2) is 4.98 Å². The Kier molecular flexibility index (Phi) is 5.95. The molecule has 0 saturated heterocycles. The molecule has 0 radical (unpaired) electrons. The molecule has 3 aliphatic carbocycles. The van der Waals surface area contributed by atoms with E-state index in [0.29, 0.717) is 35.1 Å². The van der Waals surface area contributed by atoms with Gasteiger partial charge in [-0.3, -0.25) is 10.1 Å². The minimum Gasteiger partial charge on any atom is -0.494 e. The summed E-state index contributed by atoms with van der Waals surface area (Å²) in [6.07, 6.45) is 4.72. The van der Waals surface area contributed by atoms with Crippen LogP contribution < -0.4 is 20.3 Å². The van der Waals surface area contributed by atoms with Crippen LogP contribution in [-0.2, 0) is 0 Å². The van der Waals surface area contributed by atoms with E-state index >= 15 is 0 Å². The Bertz CT molecular complexity index is 1100. The van der Waals surface area contributed by atoms with E-state index in [1.807, 2.05) is 30.9 Å². The van der Waals surface area contributed by atoms with E-state index in [2.05, 4.69) is 26.7 Å². The minimum absolute atomic E-state index is 0.0388. The van der Waals surface area contributed by atoms with E-state index in [4.69, 9.17) is 4.74 Å². The highest BCUT2D eigenvalue weighted by Gasteiger charge is 2.57. The lowest BCUT2D eigenvalue weighted by atomic mass is 9.50. The number of nitrogens with zero attached hydrogens (tertiary/aromatic N) is 6. The number of hydrogen-bond acceptors (Lipinski definition) is 10. The summed E-state index contributed by atoms with van der Waals surface area (Å²) < 4.78 is 5.51. The molecule has 2 aromatic rings. The quantitative estimate of drug-likeness (QED) is 0.409. The van der Waals surface area contributed by atoms with Crippen LogP contribution in [0.2, 0.25) is 0 Å². The van der Waals surface area contributed by atoms with Crippen LogP contribution in [0.15, 0.2) is 18.3 Å².